The van der Waals surface area contributed by atoms with Crippen molar-refractivity contribution in [3.05, 3.63) is 16.7 Å². The third-order valence-electron chi connectivity index (χ3n) is 3.05. The molecule has 5 heteroatoms. The van der Waals surface area contributed by atoms with Gasteiger partial charge in [0.05, 0.1) is 0 Å². The SMILES string of the molecule is CC1(C)CC(Oc2ccc(Br)nn2)CC(C)(C)N1. The molecule has 0 unspecified atom stereocenters. The van der Waals surface area contributed by atoms with E-state index in [1.54, 1.807) is 0 Å². The predicted molar refractivity (Wildman–Crippen MR) is 74.7 cm³/mol. The van der Waals surface area contributed by atoms with Crippen LogP contribution in [0.1, 0.15) is 40.5 Å². The molecule has 1 aliphatic rings. The lowest BCUT2D eigenvalue weighted by molar-refractivity contribution is 0.0523. The summed E-state index contributed by atoms with van der Waals surface area (Å²) < 4.78 is 6.67. The van der Waals surface area contributed by atoms with Gasteiger partial charge in [0.1, 0.15) is 10.7 Å². The first kappa shape index (κ1) is 13.7. The molecular formula is C13H20BrN3O. The third kappa shape index (κ3) is 3.65. The molecule has 1 N–H and O–H groups in total. The highest BCUT2D eigenvalue weighted by Crippen LogP contribution is 2.30. The Balaban J connectivity index is 2.07. The smallest absolute Gasteiger partial charge is 0.233 e. The number of nitrogens with zero attached hydrogens (tertiary/aromatic N) is 2. The van der Waals surface area contributed by atoms with Gasteiger partial charge in [-0.25, -0.2) is 0 Å². The summed E-state index contributed by atoms with van der Waals surface area (Å²) in [5.41, 5.74) is 0.157. The van der Waals surface area contributed by atoms with Crippen molar-refractivity contribution in [2.24, 2.45) is 0 Å². The minimum absolute atomic E-state index is 0.0786. The first-order valence-electron chi connectivity index (χ1n) is 6.21. The van der Waals surface area contributed by atoms with Crippen LogP contribution in [-0.4, -0.2) is 27.4 Å². The normalized spacial score (nSPS) is 22.7. The zero-order valence-corrected chi connectivity index (χ0v) is 12.9. The maximum atomic E-state index is 5.95. The molecule has 1 saturated heterocycles. The van der Waals surface area contributed by atoms with Gasteiger partial charge in [-0.2, -0.15) is 0 Å². The zero-order chi connectivity index (χ0) is 13.4. The molecule has 2 heterocycles. The first-order chi connectivity index (χ1) is 8.26. The van der Waals surface area contributed by atoms with Crippen molar-refractivity contribution >= 4 is 15.9 Å². The Morgan fingerprint density at radius 2 is 1.78 bits per heavy atom. The quantitative estimate of drug-likeness (QED) is 0.912. The number of rotatable bonds is 2. The number of nitrogens with one attached hydrogen (secondary N) is 1. The minimum Gasteiger partial charge on any atom is -0.473 e. The lowest BCUT2D eigenvalue weighted by atomic mass is 9.81. The molecule has 0 amide bonds. The molecule has 0 bridgehead atoms. The summed E-state index contributed by atoms with van der Waals surface area (Å²) >= 11 is 3.27. The summed E-state index contributed by atoms with van der Waals surface area (Å²) in [6, 6.07) is 3.69. The fraction of sp³-hybridized carbons (Fsp3) is 0.692. The van der Waals surface area contributed by atoms with E-state index in [1.165, 1.54) is 0 Å². The maximum Gasteiger partial charge on any atom is 0.233 e. The van der Waals surface area contributed by atoms with Gasteiger partial charge in [-0.05, 0) is 49.7 Å². The number of hydrogen-bond donors (Lipinski definition) is 1. The van der Waals surface area contributed by atoms with E-state index < -0.39 is 0 Å². The van der Waals surface area contributed by atoms with Crippen LogP contribution in [0.4, 0.5) is 0 Å². The molecule has 4 nitrogen and oxygen atoms in total. The topological polar surface area (TPSA) is 47.0 Å². The van der Waals surface area contributed by atoms with Gasteiger partial charge in [0.2, 0.25) is 5.88 Å². The summed E-state index contributed by atoms with van der Waals surface area (Å²) in [7, 11) is 0. The molecule has 0 saturated carbocycles. The van der Waals surface area contributed by atoms with Gasteiger partial charge in [0.25, 0.3) is 0 Å². The molecule has 1 aromatic heterocycles. The molecule has 2 rings (SSSR count). The molecule has 0 spiro atoms. The lowest BCUT2D eigenvalue weighted by Crippen LogP contribution is -2.60. The van der Waals surface area contributed by atoms with Crippen molar-refractivity contribution in [3.8, 4) is 5.88 Å². The summed E-state index contributed by atoms with van der Waals surface area (Å²) in [5, 5.41) is 11.6. The van der Waals surface area contributed by atoms with Crippen LogP contribution >= 0.6 is 15.9 Å². The maximum absolute atomic E-state index is 5.95. The van der Waals surface area contributed by atoms with Gasteiger partial charge in [-0.1, -0.05) is 0 Å². The summed E-state index contributed by atoms with van der Waals surface area (Å²) in [6.07, 6.45) is 2.11. The standard InChI is InChI=1S/C13H20BrN3O/c1-12(2)7-9(8-13(3,4)17-12)18-11-6-5-10(14)15-16-11/h5-6,9,17H,7-8H2,1-4H3. The van der Waals surface area contributed by atoms with E-state index in [9.17, 15) is 0 Å². The molecule has 1 fully saturated rings. The fourth-order valence-electron chi connectivity index (χ4n) is 2.85. The third-order valence-corrected chi connectivity index (χ3v) is 3.47. The summed E-state index contributed by atoms with van der Waals surface area (Å²) in [4.78, 5) is 0. The van der Waals surface area contributed by atoms with Gasteiger partial charge >= 0.3 is 0 Å². The number of hydrogen-bond acceptors (Lipinski definition) is 4. The largest absolute Gasteiger partial charge is 0.473 e. The van der Waals surface area contributed by atoms with E-state index in [0.29, 0.717) is 5.88 Å². The van der Waals surface area contributed by atoms with Crippen LogP contribution in [0.25, 0.3) is 0 Å². The average Bonchev–Trinajstić information content (AvgIpc) is 2.16. The second kappa shape index (κ2) is 4.78. The average molecular weight is 314 g/mol. The Bertz CT molecular complexity index is 401. The van der Waals surface area contributed by atoms with Crippen LogP contribution in [0.15, 0.2) is 16.7 Å². The molecule has 18 heavy (non-hydrogen) atoms. The monoisotopic (exact) mass is 313 g/mol. The van der Waals surface area contributed by atoms with Crippen molar-refractivity contribution < 1.29 is 4.74 Å². The van der Waals surface area contributed by atoms with Crippen LogP contribution in [0, 0.1) is 0 Å². The summed E-state index contributed by atoms with van der Waals surface area (Å²) in [5.74, 6) is 0.594. The molecule has 0 aromatic carbocycles. The van der Waals surface area contributed by atoms with E-state index in [0.717, 1.165) is 17.4 Å². The predicted octanol–water partition coefficient (Wildman–Crippen LogP) is 2.93. The fourth-order valence-corrected chi connectivity index (χ4v) is 3.06. The van der Waals surface area contributed by atoms with Crippen LogP contribution in [-0.2, 0) is 0 Å². The van der Waals surface area contributed by atoms with Crippen molar-refractivity contribution in [2.45, 2.75) is 57.7 Å². The molecule has 1 aromatic rings. The second-order valence-electron chi connectivity index (χ2n) is 6.24. The van der Waals surface area contributed by atoms with E-state index in [-0.39, 0.29) is 17.2 Å². The van der Waals surface area contributed by atoms with Crippen molar-refractivity contribution in [1.82, 2.24) is 15.5 Å². The first-order valence-corrected chi connectivity index (χ1v) is 7.00. The Morgan fingerprint density at radius 3 is 2.28 bits per heavy atom. The molecule has 1 aliphatic heterocycles. The van der Waals surface area contributed by atoms with Crippen molar-refractivity contribution in [1.29, 1.82) is 0 Å². The van der Waals surface area contributed by atoms with Gasteiger partial charge < -0.3 is 10.1 Å². The highest BCUT2D eigenvalue weighted by Gasteiger charge is 2.38. The lowest BCUT2D eigenvalue weighted by Gasteiger charge is -2.46. The van der Waals surface area contributed by atoms with Gasteiger partial charge in [0.15, 0.2) is 0 Å². The Morgan fingerprint density at radius 1 is 1.17 bits per heavy atom. The summed E-state index contributed by atoms with van der Waals surface area (Å²) in [6.45, 7) is 8.82. The van der Waals surface area contributed by atoms with Crippen LogP contribution in [0.2, 0.25) is 0 Å². The Labute approximate surface area is 117 Å². The molecule has 0 aliphatic carbocycles. The zero-order valence-electron chi connectivity index (χ0n) is 11.3. The number of halogens is 1. The Hall–Kier alpha value is -0.680. The Kier molecular flexibility index (Phi) is 3.65. The van der Waals surface area contributed by atoms with E-state index in [4.69, 9.17) is 4.74 Å². The highest BCUT2D eigenvalue weighted by atomic mass is 79.9. The van der Waals surface area contributed by atoms with Crippen LogP contribution < -0.4 is 10.1 Å². The van der Waals surface area contributed by atoms with E-state index >= 15 is 0 Å². The minimum atomic E-state index is 0.0786. The molecule has 0 radical (unpaired) electrons. The molecular weight excluding hydrogens is 294 g/mol. The van der Waals surface area contributed by atoms with Crippen LogP contribution in [0.5, 0.6) is 5.88 Å². The number of ether oxygens (including phenoxy) is 1. The van der Waals surface area contributed by atoms with Gasteiger partial charge in [0, 0.05) is 30.0 Å². The number of aromatic nitrogens is 2. The van der Waals surface area contributed by atoms with E-state index in [2.05, 4.69) is 59.1 Å². The van der Waals surface area contributed by atoms with E-state index in [1.807, 2.05) is 12.1 Å². The van der Waals surface area contributed by atoms with Gasteiger partial charge in [-0.15, -0.1) is 10.2 Å². The van der Waals surface area contributed by atoms with Gasteiger partial charge in [-0.3, -0.25) is 0 Å². The molecule has 100 valence electrons. The van der Waals surface area contributed by atoms with Crippen LogP contribution in [0.3, 0.4) is 0 Å². The highest BCUT2D eigenvalue weighted by molar-refractivity contribution is 9.10. The number of piperidine rings is 1. The molecule has 0 atom stereocenters. The van der Waals surface area contributed by atoms with Crippen molar-refractivity contribution in [2.75, 3.05) is 0 Å². The second-order valence-corrected chi connectivity index (χ2v) is 7.05. The van der Waals surface area contributed by atoms with Crippen molar-refractivity contribution in [3.63, 3.8) is 0 Å².